The number of likely N-dealkylation sites (N-methyl/N-ethyl adjacent to an activating group) is 1. The predicted octanol–water partition coefficient (Wildman–Crippen LogP) is 1.31. The second kappa shape index (κ2) is 7.77. The molecule has 2 amide bonds. The highest BCUT2D eigenvalue weighted by Gasteiger charge is 2.29. The van der Waals surface area contributed by atoms with E-state index in [1.807, 2.05) is 36.4 Å². The van der Waals surface area contributed by atoms with Crippen molar-refractivity contribution in [3.05, 3.63) is 54.2 Å². The lowest BCUT2D eigenvalue weighted by Crippen LogP contribution is -2.50. The van der Waals surface area contributed by atoms with Crippen LogP contribution >= 0.6 is 12.4 Å². The van der Waals surface area contributed by atoms with Gasteiger partial charge in [0.1, 0.15) is 6.04 Å². The summed E-state index contributed by atoms with van der Waals surface area (Å²) in [5.41, 5.74) is 7.22. The number of nitrogens with two attached hydrogens (primary N) is 1. The second-order valence-corrected chi connectivity index (χ2v) is 5.01. The van der Waals surface area contributed by atoms with Gasteiger partial charge >= 0.3 is 0 Å². The second-order valence-electron chi connectivity index (χ2n) is 5.01. The van der Waals surface area contributed by atoms with Crippen molar-refractivity contribution in [3.8, 4) is 0 Å². The summed E-state index contributed by atoms with van der Waals surface area (Å²) in [4.78, 5) is 25.8. The first kappa shape index (κ1) is 17.9. The zero-order valence-electron chi connectivity index (χ0n) is 12.5. The van der Waals surface area contributed by atoms with Crippen LogP contribution in [0.4, 0.5) is 0 Å². The average molecular weight is 322 g/mol. The molecule has 1 heterocycles. The number of benzene rings is 1. The van der Waals surface area contributed by atoms with E-state index < -0.39 is 12.1 Å². The molecule has 0 radical (unpaired) electrons. The van der Waals surface area contributed by atoms with Crippen molar-refractivity contribution in [2.75, 3.05) is 7.05 Å². The van der Waals surface area contributed by atoms with Crippen LogP contribution in [0.15, 0.2) is 48.7 Å². The van der Waals surface area contributed by atoms with E-state index in [-0.39, 0.29) is 24.2 Å². The maximum Gasteiger partial charge on any atom is 0.253 e. The third kappa shape index (κ3) is 3.96. The molecule has 2 rings (SSSR count). The van der Waals surface area contributed by atoms with E-state index in [4.69, 9.17) is 5.73 Å². The standard InChI is InChI=1S/C16H19N3O2.ClH/c1-11(17)15(20)18-14-13(12-7-4-3-5-8-12)9-6-10-19(2)16(14)21;/h3-11,14H,17H2,1-2H3,(H,18,20);1H. The van der Waals surface area contributed by atoms with Gasteiger partial charge in [-0.25, -0.2) is 0 Å². The van der Waals surface area contributed by atoms with Crippen molar-refractivity contribution in [2.24, 2.45) is 5.73 Å². The fourth-order valence-electron chi connectivity index (χ4n) is 2.09. The molecule has 0 saturated carbocycles. The van der Waals surface area contributed by atoms with Gasteiger partial charge in [0.2, 0.25) is 5.91 Å². The van der Waals surface area contributed by atoms with E-state index in [9.17, 15) is 9.59 Å². The van der Waals surface area contributed by atoms with Crippen molar-refractivity contribution in [3.63, 3.8) is 0 Å². The first-order valence-corrected chi connectivity index (χ1v) is 6.77. The molecular weight excluding hydrogens is 302 g/mol. The molecule has 1 aromatic carbocycles. The first-order valence-electron chi connectivity index (χ1n) is 6.77. The maximum atomic E-state index is 12.5. The molecule has 1 aliphatic heterocycles. The predicted molar refractivity (Wildman–Crippen MR) is 89.2 cm³/mol. The zero-order chi connectivity index (χ0) is 15.4. The largest absolute Gasteiger partial charge is 0.339 e. The lowest BCUT2D eigenvalue weighted by Gasteiger charge is -2.24. The summed E-state index contributed by atoms with van der Waals surface area (Å²) >= 11 is 0. The minimum atomic E-state index is -0.745. The Kier molecular flexibility index (Phi) is 6.34. The SMILES string of the molecule is CC(N)C(=O)NC1C(=O)N(C)C=CC=C1c1ccccc1.Cl. The molecule has 3 N–H and O–H groups in total. The van der Waals surface area contributed by atoms with E-state index in [1.165, 1.54) is 4.90 Å². The van der Waals surface area contributed by atoms with Crippen LogP contribution in [-0.4, -0.2) is 35.8 Å². The van der Waals surface area contributed by atoms with E-state index in [0.717, 1.165) is 11.1 Å². The van der Waals surface area contributed by atoms with Gasteiger partial charge in [-0.1, -0.05) is 36.4 Å². The van der Waals surface area contributed by atoms with Crippen molar-refractivity contribution in [1.29, 1.82) is 0 Å². The molecule has 0 spiro atoms. The minimum absolute atomic E-state index is 0. The van der Waals surface area contributed by atoms with Gasteiger partial charge in [-0.3, -0.25) is 9.59 Å². The number of carbonyl (C=O) groups excluding carboxylic acids is 2. The number of nitrogens with zero attached hydrogens (tertiary/aromatic N) is 1. The highest BCUT2D eigenvalue weighted by Crippen LogP contribution is 2.22. The number of amides is 2. The maximum absolute atomic E-state index is 12.5. The molecule has 6 heteroatoms. The quantitative estimate of drug-likeness (QED) is 0.881. The fourth-order valence-corrected chi connectivity index (χ4v) is 2.09. The topological polar surface area (TPSA) is 75.4 Å². The van der Waals surface area contributed by atoms with Gasteiger partial charge in [-0.2, -0.15) is 0 Å². The molecule has 0 fully saturated rings. The summed E-state index contributed by atoms with van der Waals surface area (Å²) in [6.07, 6.45) is 5.30. The monoisotopic (exact) mass is 321 g/mol. The molecule has 22 heavy (non-hydrogen) atoms. The molecule has 0 aliphatic carbocycles. The lowest BCUT2D eigenvalue weighted by molar-refractivity contribution is -0.132. The molecule has 1 aliphatic rings. The molecule has 2 unspecified atom stereocenters. The highest BCUT2D eigenvalue weighted by molar-refractivity contribution is 6.00. The Hall–Kier alpha value is -2.11. The highest BCUT2D eigenvalue weighted by atomic mass is 35.5. The summed E-state index contributed by atoms with van der Waals surface area (Å²) in [6.45, 7) is 1.59. The number of allylic oxidation sites excluding steroid dienone is 2. The molecule has 5 nitrogen and oxygen atoms in total. The smallest absolute Gasteiger partial charge is 0.253 e. The third-order valence-electron chi connectivity index (χ3n) is 3.30. The van der Waals surface area contributed by atoms with Crippen molar-refractivity contribution in [2.45, 2.75) is 19.0 Å². The van der Waals surface area contributed by atoms with E-state index in [0.29, 0.717) is 0 Å². The summed E-state index contributed by atoms with van der Waals surface area (Å²) in [6, 6.07) is 8.08. The number of halogens is 1. The summed E-state index contributed by atoms with van der Waals surface area (Å²) in [5, 5.41) is 2.72. The van der Waals surface area contributed by atoms with Crippen LogP contribution in [-0.2, 0) is 9.59 Å². The number of rotatable bonds is 3. The van der Waals surface area contributed by atoms with Gasteiger partial charge in [0.25, 0.3) is 5.91 Å². The van der Waals surface area contributed by atoms with Crippen LogP contribution in [0.5, 0.6) is 0 Å². The molecule has 0 aromatic heterocycles. The Morgan fingerprint density at radius 3 is 2.55 bits per heavy atom. The Balaban J connectivity index is 0.00000242. The van der Waals surface area contributed by atoms with Crippen LogP contribution in [0.2, 0.25) is 0 Å². The van der Waals surface area contributed by atoms with E-state index in [1.54, 1.807) is 26.2 Å². The van der Waals surface area contributed by atoms with Gasteiger partial charge in [-0.15, -0.1) is 12.4 Å². The van der Waals surface area contributed by atoms with E-state index in [2.05, 4.69) is 5.32 Å². The van der Waals surface area contributed by atoms with Gasteiger partial charge in [0.15, 0.2) is 0 Å². The molecular formula is C16H20ClN3O2. The summed E-state index contributed by atoms with van der Waals surface area (Å²) in [5.74, 6) is -0.557. The minimum Gasteiger partial charge on any atom is -0.339 e. The number of hydrogen-bond donors (Lipinski definition) is 2. The third-order valence-corrected chi connectivity index (χ3v) is 3.30. The Labute approximate surface area is 136 Å². The van der Waals surface area contributed by atoms with Gasteiger partial charge in [0, 0.05) is 13.2 Å². The van der Waals surface area contributed by atoms with Gasteiger partial charge in [0.05, 0.1) is 6.04 Å². The number of carbonyl (C=O) groups is 2. The van der Waals surface area contributed by atoms with Crippen molar-refractivity contribution in [1.82, 2.24) is 10.2 Å². The lowest BCUT2D eigenvalue weighted by atomic mass is 9.97. The van der Waals surface area contributed by atoms with Crippen LogP contribution in [0.3, 0.4) is 0 Å². The van der Waals surface area contributed by atoms with Crippen LogP contribution in [0, 0.1) is 0 Å². The first-order chi connectivity index (χ1) is 10.0. The van der Waals surface area contributed by atoms with Crippen LogP contribution in [0.25, 0.3) is 5.57 Å². The number of hydrogen-bond acceptors (Lipinski definition) is 3. The number of nitrogens with one attached hydrogen (secondary N) is 1. The fraction of sp³-hybridized carbons (Fsp3) is 0.250. The molecule has 0 bridgehead atoms. The summed E-state index contributed by atoms with van der Waals surface area (Å²) < 4.78 is 0. The van der Waals surface area contributed by atoms with Crippen LogP contribution in [0.1, 0.15) is 12.5 Å². The van der Waals surface area contributed by atoms with Crippen molar-refractivity contribution < 1.29 is 9.59 Å². The summed E-state index contributed by atoms with van der Waals surface area (Å²) in [7, 11) is 1.66. The van der Waals surface area contributed by atoms with Gasteiger partial charge < -0.3 is 16.0 Å². The van der Waals surface area contributed by atoms with Crippen LogP contribution < -0.4 is 11.1 Å². The molecule has 1 aromatic rings. The molecule has 2 atom stereocenters. The zero-order valence-corrected chi connectivity index (χ0v) is 13.3. The Bertz CT molecular complexity index is 597. The Morgan fingerprint density at radius 1 is 1.32 bits per heavy atom. The Morgan fingerprint density at radius 2 is 1.95 bits per heavy atom. The normalized spacial score (nSPS) is 18.9. The van der Waals surface area contributed by atoms with Gasteiger partial charge in [-0.05, 0) is 24.1 Å². The van der Waals surface area contributed by atoms with Crippen molar-refractivity contribution >= 4 is 29.8 Å². The van der Waals surface area contributed by atoms with E-state index >= 15 is 0 Å². The molecule has 0 saturated heterocycles. The molecule has 118 valence electrons. The average Bonchev–Trinajstić information content (AvgIpc) is 2.61.